The van der Waals surface area contributed by atoms with E-state index in [1.807, 2.05) is 6.07 Å². The Kier molecular flexibility index (Phi) is 4.81. The van der Waals surface area contributed by atoms with Crippen LogP contribution in [0.2, 0.25) is 5.02 Å². The normalized spacial score (nSPS) is 23.9. The molecule has 0 aliphatic carbocycles. The number of ether oxygens (including phenoxy) is 1. The highest BCUT2D eigenvalue weighted by Crippen LogP contribution is 2.27. The number of rotatable bonds is 3. The number of piperidine rings is 1. The lowest BCUT2D eigenvalue weighted by molar-refractivity contribution is 0.122. The van der Waals surface area contributed by atoms with Crippen LogP contribution in [0.3, 0.4) is 0 Å². The Morgan fingerprint density at radius 1 is 1.25 bits per heavy atom. The molecule has 0 saturated carbocycles. The average Bonchev–Trinajstić information content (AvgIpc) is 2.49. The predicted octanol–water partition coefficient (Wildman–Crippen LogP) is 2.86. The Morgan fingerprint density at radius 3 is 2.85 bits per heavy atom. The summed E-state index contributed by atoms with van der Waals surface area (Å²) in [7, 11) is 0. The van der Waals surface area contributed by atoms with Crippen LogP contribution < -0.4 is 10.2 Å². The monoisotopic (exact) mass is 294 g/mol. The molecular weight excluding hydrogens is 272 g/mol. The van der Waals surface area contributed by atoms with Gasteiger partial charge in [0.15, 0.2) is 0 Å². The van der Waals surface area contributed by atoms with Gasteiger partial charge in [0.1, 0.15) is 0 Å². The minimum absolute atomic E-state index is 0.599. The number of hydrogen-bond donors (Lipinski definition) is 1. The molecule has 0 bridgehead atoms. The maximum absolute atomic E-state index is 6.21. The van der Waals surface area contributed by atoms with E-state index < -0.39 is 0 Å². The Bertz CT molecular complexity index is 440. The van der Waals surface area contributed by atoms with Crippen molar-refractivity contribution in [2.24, 2.45) is 0 Å². The van der Waals surface area contributed by atoms with Crippen molar-refractivity contribution in [3.05, 3.63) is 28.8 Å². The van der Waals surface area contributed by atoms with Crippen LogP contribution in [0.1, 0.15) is 24.8 Å². The molecule has 1 atom stereocenters. The second-order valence-corrected chi connectivity index (χ2v) is 6.16. The average molecular weight is 295 g/mol. The zero-order valence-electron chi connectivity index (χ0n) is 11.9. The summed E-state index contributed by atoms with van der Waals surface area (Å²) in [4.78, 5) is 2.43. The summed E-state index contributed by atoms with van der Waals surface area (Å²) in [6.45, 7) is 4.76. The van der Waals surface area contributed by atoms with Gasteiger partial charge in [0.25, 0.3) is 0 Å². The Hall–Kier alpha value is -0.770. The van der Waals surface area contributed by atoms with Crippen LogP contribution in [-0.2, 0) is 11.2 Å². The van der Waals surface area contributed by atoms with Gasteiger partial charge in [0.2, 0.25) is 0 Å². The third-order valence-corrected chi connectivity index (χ3v) is 4.51. The van der Waals surface area contributed by atoms with Crippen LogP contribution in [0.4, 0.5) is 5.69 Å². The van der Waals surface area contributed by atoms with Crippen molar-refractivity contribution in [1.82, 2.24) is 5.32 Å². The first kappa shape index (κ1) is 14.2. The van der Waals surface area contributed by atoms with E-state index in [4.69, 9.17) is 16.3 Å². The van der Waals surface area contributed by atoms with Crippen molar-refractivity contribution in [2.75, 3.05) is 37.7 Å². The summed E-state index contributed by atoms with van der Waals surface area (Å²) in [6, 6.07) is 6.92. The van der Waals surface area contributed by atoms with Gasteiger partial charge in [-0.25, -0.2) is 0 Å². The highest BCUT2D eigenvalue weighted by molar-refractivity contribution is 6.30. The second-order valence-electron chi connectivity index (χ2n) is 5.72. The summed E-state index contributed by atoms with van der Waals surface area (Å²) in [5, 5.41) is 4.47. The fraction of sp³-hybridized carbons (Fsp3) is 0.625. The molecule has 2 aliphatic heterocycles. The Labute approximate surface area is 126 Å². The maximum Gasteiger partial charge on any atom is 0.0642 e. The van der Waals surface area contributed by atoms with Crippen molar-refractivity contribution in [1.29, 1.82) is 0 Å². The highest BCUT2D eigenvalue weighted by Gasteiger charge is 2.19. The van der Waals surface area contributed by atoms with Gasteiger partial charge in [0, 0.05) is 29.8 Å². The molecule has 1 unspecified atom stereocenters. The molecule has 2 fully saturated rings. The van der Waals surface area contributed by atoms with Gasteiger partial charge in [-0.1, -0.05) is 18.0 Å². The summed E-state index contributed by atoms with van der Waals surface area (Å²) in [5.41, 5.74) is 2.71. The van der Waals surface area contributed by atoms with Crippen molar-refractivity contribution >= 4 is 17.3 Å². The third kappa shape index (κ3) is 3.46. The first-order valence-electron chi connectivity index (χ1n) is 7.67. The smallest absolute Gasteiger partial charge is 0.0642 e. The lowest BCUT2D eigenvalue weighted by atomic mass is 9.96. The quantitative estimate of drug-likeness (QED) is 0.928. The molecule has 1 aromatic rings. The Balaban J connectivity index is 1.77. The van der Waals surface area contributed by atoms with Crippen molar-refractivity contribution in [3.63, 3.8) is 0 Å². The van der Waals surface area contributed by atoms with Crippen LogP contribution in [0.25, 0.3) is 0 Å². The molecule has 0 amide bonds. The fourth-order valence-corrected chi connectivity index (χ4v) is 3.39. The molecule has 1 aromatic carbocycles. The van der Waals surface area contributed by atoms with Gasteiger partial charge in [-0.2, -0.15) is 0 Å². The lowest BCUT2D eigenvalue weighted by Gasteiger charge is -2.32. The van der Waals surface area contributed by atoms with E-state index in [1.165, 1.54) is 30.5 Å². The molecule has 3 rings (SSSR count). The largest absolute Gasteiger partial charge is 0.378 e. The van der Waals surface area contributed by atoms with Crippen LogP contribution in [0.15, 0.2) is 18.2 Å². The highest BCUT2D eigenvalue weighted by atomic mass is 35.5. The number of anilines is 1. The number of halogens is 1. The summed E-state index contributed by atoms with van der Waals surface area (Å²) in [5.74, 6) is 0. The topological polar surface area (TPSA) is 24.5 Å². The molecule has 2 heterocycles. The van der Waals surface area contributed by atoms with Crippen LogP contribution in [-0.4, -0.2) is 38.9 Å². The molecule has 110 valence electrons. The van der Waals surface area contributed by atoms with E-state index in [1.54, 1.807) is 0 Å². The molecule has 2 saturated heterocycles. The van der Waals surface area contributed by atoms with Gasteiger partial charge in [-0.05, 0) is 49.6 Å². The molecule has 4 heteroatoms. The molecule has 0 aromatic heterocycles. The molecule has 0 spiro atoms. The van der Waals surface area contributed by atoms with Crippen molar-refractivity contribution in [3.8, 4) is 0 Å². The molecule has 0 radical (unpaired) electrons. The second kappa shape index (κ2) is 6.79. The summed E-state index contributed by atoms with van der Waals surface area (Å²) < 4.78 is 5.45. The molecule has 1 N–H and O–H groups in total. The van der Waals surface area contributed by atoms with Gasteiger partial charge < -0.3 is 15.0 Å². The Morgan fingerprint density at radius 2 is 2.10 bits per heavy atom. The number of nitrogens with one attached hydrogen (secondary N) is 1. The minimum atomic E-state index is 0.599. The van der Waals surface area contributed by atoms with Gasteiger partial charge in [-0.15, -0.1) is 0 Å². The van der Waals surface area contributed by atoms with E-state index in [2.05, 4.69) is 22.3 Å². The molecular formula is C16H23ClN2O. The van der Waals surface area contributed by atoms with Gasteiger partial charge in [-0.3, -0.25) is 0 Å². The summed E-state index contributed by atoms with van der Waals surface area (Å²) >= 11 is 6.21. The van der Waals surface area contributed by atoms with E-state index >= 15 is 0 Å². The van der Waals surface area contributed by atoms with Crippen LogP contribution in [0.5, 0.6) is 0 Å². The van der Waals surface area contributed by atoms with Gasteiger partial charge >= 0.3 is 0 Å². The maximum atomic E-state index is 6.21. The first-order valence-corrected chi connectivity index (χ1v) is 8.05. The standard InChI is InChI=1S/C16H23ClN2O/c17-14-4-5-16(19-7-9-20-10-8-19)13(11-14)12-15-3-1-2-6-18-15/h4-5,11,15,18H,1-3,6-10,12H2. The lowest BCUT2D eigenvalue weighted by Crippen LogP contribution is -2.38. The molecule has 20 heavy (non-hydrogen) atoms. The van der Waals surface area contributed by atoms with Crippen LogP contribution in [0, 0.1) is 0 Å². The minimum Gasteiger partial charge on any atom is -0.378 e. The third-order valence-electron chi connectivity index (χ3n) is 4.27. The van der Waals surface area contributed by atoms with Gasteiger partial charge in [0.05, 0.1) is 13.2 Å². The number of nitrogens with zero attached hydrogens (tertiary/aromatic N) is 1. The van der Waals surface area contributed by atoms with E-state index in [-0.39, 0.29) is 0 Å². The van der Waals surface area contributed by atoms with Crippen molar-refractivity contribution < 1.29 is 4.74 Å². The van der Waals surface area contributed by atoms with Crippen molar-refractivity contribution in [2.45, 2.75) is 31.7 Å². The number of benzene rings is 1. The molecule has 2 aliphatic rings. The molecule has 3 nitrogen and oxygen atoms in total. The zero-order chi connectivity index (χ0) is 13.8. The summed E-state index contributed by atoms with van der Waals surface area (Å²) in [6.07, 6.45) is 5.00. The van der Waals surface area contributed by atoms with Crippen LogP contribution >= 0.6 is 11.6 Å². The SMILES string of the molecule is Clc1ccc(N2CCOCC2)c(CC2CCCCN2)c1. The first-order chi connectivity index (χ1) is 9.83. The van der Waals surface area contributed by atoms with E-state index in [0.29, 0.717) is 6.04 Å². The number of morpholine rings is 1. The predicted molar refractivity (Wildman–Crippen MR) is 83.8 cm³/mol. The van der Waals surface area contributed by atoms with E-state index in [0.717, 1.165) is 44.3 Å². The van der Waals surface area contributed by atoms with E-state index in [9.17, 15) is 0 Å². The number of hydrogen-bond acceptors (Lipinski definition) is 3. The fourth-order valence-electron chi connectivity index (χ4n) is 3.19. The zero-order valence-corrected chi connectivity index (χ0v) is 12.7.